The van der Waals surface area contributed by atoms with Crippen LogP contribution in [0.1, 0.15) is 46.5 Å². The van der Waals surface area contributed by atoms with Crippen molar-refractivity contribution in [1.29, 1.82) is 0 Å². The first kappa shape index (κ1) is 15.9. The van der Waals surface area contributed by atoms with E-state index in [0.717, 1.165) is 38.8 Å². The summed E-state index contributed by atoms with van der Waals surface area (Å²) < 4.78 is 23.2. The molecule has 3 nitrogen and oxygen atoms in total. The number of hydrogen-bond acceptors (Lipinski definition) is 3. The fraction of sp³-hybridized carbons (Fsp3) is 1.00. The lowest BCUT2D eigenvalue weighted by molar-refractivity contribution is 0.433. The molecule has 0 radical (unpaired) electrons. The lowest BCUT2D eigenvalue weighted by Gasteiger charge is -2.16. The summed E-state index contributed by atoms with van der Waals surface area (Å²) in [5.41, 5.74) is 0. The Bertz CT molecular complexity index is 250. The predicted molar refractivity (Wildman–Crippen MR) is 70.5 cm³/mol. The van der Waals surface area contributed by atoms with E-state index in [-0.39, 0.29) is 0 Å². The summed E-state index contributed by atoms with van der Waals surface area (Å²) in [6.07, 6.45) is 3.79. The van der Waals surface area contributed by atoms with Gasteiger partial charge in [-0.3, -0.25) is 0 Å². The summed E-state index contributed by atoms with van der Waals surface area (Å²) in [4.78, 5) is 0. The Kier molecular flexibility index (Phi) is 8.94. The minimum atomic E-state index is -2.80. The molecule has 0 aliphatic heterocycles. The van der Waals surface area contributed by atoms with Gasteiger partial charge in [-0.05, 0) is 38.3 Å². The second-order valence-corrected chi connectivity index (χ2v) is 6.71. The molecule has 0 aliphatic rings. The Morgan fingerprint density at radius 3 is 2.19 bits per heavy atom. The van der Waals surface area contributed by atoms with Crippen molar-refractivity contribution in [2.45, 2.75) is 46.5 Å². The van der Waals surface area contributed by atoms with Crippen molar-refractivity contribution in [1.82, 2.24) is 5.32 Å². The van der Waals surface area contributed by atoms with Gasteiger partial charge >= 0.3 is 0 Å². The highest BCUT2D eigenvalue weighted by Gasteiger charge is 2.14. The zero-order valence-electron chi connectivity index (χ0n) is 11.0. The molecule has 0 bridgehead atoms. The van der Waals surface area contributed by atoms with E-state index < -0.39 is 9.84 Å². The minimum Gasteiger partial charge on any atom is -0.317 e. The number of nitrogens with one attached hydrogen (secondary N) is 1. The third-order valence-corrected chi connectivity index (χ3v) is 4.62. The summed E-state index contributed by atoms with van der Waals surface area (Å²) in [5, 5.41) is 3.31. The molecule has 1 N–H and O–H groups in total. The minimum absolute atomic E-state index is 0.340. The van der Waals surface area contributed by atoms with Gasteiger partial charge in [-0.25, -0.2) is 8.42 Å². The van der Waals surface area contributed by atoms with Gasteiger partial charge < -0.3 is 5.32 Å². The Labute approximate surface area is 101 Å². The van der Waals surface area contributed by atoms with Crippen molar-refractivity contribution in [2.75, 3.05) is 24.6 Å². The van der Waals surface area contributed by atoms with E-state index in [9.17, 15) is 8.42 Å². The van der Waals surface area contributed by atoms with Crippen molar-refractivity contribution in [3.8, 4) is 0 Å². The van der Waals surface area contributed by atoms with Crippen molar-refractivity contribution in [2.24, 2.45) is 5.92 Å². The molecule has 0 amide bonds. The standard InChI is InChI=1S/C12H27NO2S/c1-4-7-12(11-13-6-3)8-10-16(14,15)9-5-2/h12-13H,4-11H2,1-3H3. The Balaban J connectivity index is 3.99. The average molecular weight is 249 g/mol. The van der Waals surface area contributed by atoms with Gasteiger partial charge in [0, 0.05) is 5.75 Å². The lowest BCUT2D eigenvalue weighted by Crippen LogP contribution is -2.25. The van der Waals surface area contributed by atoms with E-state index >= 15 is 0 Å². The zero-order chi connectivity index (χ0) is 12.4. The third-order valence-electron chi connectivity index (χ3n) is 2.73. The first-order chi connectivity index (χ1) is 7.55. The molecule has 4 heteroatoms. The molecular formula is C12H27NO2S. The molecule has 0 spiro atoms. The van der Waals surface area contributed by atoms with E-state index in [4.69, 9.17) is 0 Å². The predicted octanol–water partition coefficient (Wildman–Crippen LogP) is 2.23. The van der Waals surface area contributed by atoms with Crippen LogP contribution in [0, 0.1) is 5.92 Å². The van der Waals surface area contributed by atoms with Gasteiger partial charge in [-0.15, -0.1) is 0 Å². The summed E-state index contributed by atoms with van der Waals surface area (Å²) in [7, 11) is -2.80. The van der Waals surface area contributed by atoms with Crippen LogP contribution in [0.5, 0.6) is 0 Å². The molecule has 0 saturated heterocycles. The molecule has 0 rings (SSSR count). The van der Waals surface area contributed by atoms with Crippen LogP contribution in [0.2, 0.25) is 0 Å². The maximum Gasteiger partial charge on any atom is 0.150 e. The second kappa shape index (κ2) is 8.99. The molecule has 0 heterocycles. The monoisotopic (exact) mass is 249 g/mol. The van der Waals surface area contributed by atoms with Gasteiger partial charge in [0.25, 0.3) is 0 Å². The zero-order valence-corrected chi connectivity index (χ0v) is 11.8. The molecular weight excluding hydrogens is 222 g/mol. The summed E-state index contributed by atoms with van der Waals surface area (Å²) in [6.45, 7) is 8.06. The van der Waals surface area contributed by atoms with Crippen LogP contribution in [-0.2, 0) is 9.84 Å². The molecule has 0 aromatic carbocycles. The maximum atomic E-state index is 11.6. The molecule has 1 unspecified atom stereocenters. The van der Waals surface area contributed by atoms with Crippen LogP contribution in [0.3, 0.4) is 0 Å². The first-order valence-corrected chi connectivity index (χ1v) is 8.29. The Morgan fingerprint density at radius 1 is 1.00 bits per heavy atom. The fourth-order valence-corrected chi connectivity index (χ4v) is 3.38. The van der Waals surface area contributed by atoms with E-state index in [1.807, 2.05) is 6.92 Å². The molecule has 0 aromatic heterocycles. The van der Waals surface area contributed by atoms with Crippen LogP contribution in [0.15, 0.2) is 0 Å². The highest BCUT2D eigenvalue weighted by Crippen LogP contribution is 2.12. The summed E-state index contributed by atoms with van der Waals surface area (Å²) in [5.74, 6) is 1.21. The molecule has 1 atom stereocenters. The van der Waals surface area contributed by atoms with E-state index in [1.165, 1.54) is 0 Å². The van der Waals surface area contributed by atoms with Crippen LogP contribution in [0.25, 0.3) is 0 Å². The van der Waals surface area contributed by atoms with E-state index in [2.05, 4.69) is 19.2 Å². The Hall–Kier alpha value is -0.0900. The third kappa shape index (κ3) is 8.11. The average Bonchev–Trinajstić information content (AvgIpc) is 2.22. The second-order valence-electron chi connectivity index (χ2n) is 4.40. The van der Waals surface area contributed by atoms with Crippen LogP contribution in [0.4, 0.5) is 0 Å². The van der Waals surface area contributed by atoms with Gasteiger partial charge in [-0.1, -0.05) is 27.2 Å². The molecule has 16 heavy (non-hydrogen) atoms. The van der Waals surface area contributed by atoms with Gasteiger partial charge in [0.05, 0.1) is 5.75 Å². The fourth-order valence-electron chi connectivity index (χ4n) is 1.86. The largest absolute Gasteiger partial charge is 0.317 e. The molecule has 0 fully saturated rings. The quantitative estimate of drug-likeness (QED) is 0.646. The number of hydrogen-bond donors (Lipinski definition) is 1. The van der Waals surface area contributed by atoms with Crippen molar-refractivity contribution >= 4 is 9.84 Å². The molecule has 98 valence electrons. The van der Waals surface area contributed by atoms with Gasteiger partial charge in [0.2, 0.25) is 0 Å². The van der Waals surface area contributed by atoms with Crippen LogP contribution in [-0.4, -0.2) is 33.0 Å². The van der Waals surface area contributed by atoms with E-state index in [0.29, 0.717) is 17.4 Å². The Morgan fingerprint density at radius 2 is 1.69 bits per heavy atom. The van der Waals surface area contributed by atoms with Crippen molar-refractivity contribution in [3.63, 3.8) is 0 Å². The van der Waals surface area contributed by atoms with Crippen LogP contribution < -0.4 is 5.32 Å². The van der Waals surface area contributed by atoms with Crippen molar-refractivity contribution < 1.29 is 8.42 Å². The first-order valence-electron chi connectivity index (χ1n) is 6.46. The maximum absolute atomic E-state index is 11.6. The molecule has 0 saturated carbocycles. The van der Waals surface area contributed by atoms with Crippen molar-refractivity contribution in [3.05, 3.63) is 0 Å². The van der Waals surface area contributed by atoms with Gasteiger partial charge in [0.15, 0.2) is 0 Å². The number of sulfone groups is 1. The summed E-state index contributed by atoms with van der Waals surface area (Å²) in [6, 6.07) is 0. The van der Waals surface area contributed by atoms with E-state index in [1.54, 1.807) is 0 Å². The topological polar surface area (TPSA) is 46.2 Å². The van der Waals surface area contributed by atoms with Gasteiger partial charge in [0.1, 0.15) is 9.84 Å². The molecule has 0 aromatic rings. The highest BCUT2D eigenvalue weighted by atomic mass is 32.2. The van der Waals surface area contributed by atoms with Gasteiger partial charge in [-0.2, -0.15) is 0 Å². The smallest absolute Gasteiger partial charge is 0.150 e. The lowest BCUT2D eigenvalue weighted by atomic mass is 10.0. The van der Waals surface area contributed by atoms with Crippen LogP contribution >= 0.6 is 0 Å². The normalized spacial score (nSPS) is 13.9. The number of rotatable bonds is 10. The SMILES string of the molecule is CCCC(CCS(=O)(=O)CCC)CNCC. The molecule has 0 aliphatic carbocycles. The highest BCUT2D eigenvalue weighted by molar-refractivity contribution is 7.91. The summed E-state index contributed by atoms with van der Waals surface area (Å²) >= 11 is 0.